The van der Waals surface area contributed by atoms with Gasteiger partial charge in [-0.1, -0.05) is 0 Å². The minimum Gasteiger partial charge on any atom is -0.465 e. The van der Waals surface area contributed by atoms with Crippen molar-refractivity contribution in [1.82, 2.24) is 24.6 Å². The average Bonchev–Trinajstić information content (AvgIpc) is 3.21. The Morgan fingerprint density at radius 1 is 1.21 bits per heavy atom. The molecule has 2 aromatic heterocycles. The van der Waals surface area contributed by atoms with Crippen LogP contribution in [0.1, 0.15) is 5.56 Å². The maximum Gasteiger partial charge on any atom is 0.407 e. The molecule has 4 heterocycles. The SMILES string of the molecule is Cn1cc(CN2CC3CN(C(=O)O)CC3C2)c(-c2ccncc2)n1. The van der Waals surface area contributed by atoms with Crippen molar-refractivity contribution >= 4 is 6.09 Å². The molecule has 1 N–H and O–H groups in total. The van der Waals surface area contributed by atoms with Crippen LogP contribution >= 0.6 is 0 Å². The fraction of sp³-hybridized carbons (Fsp3) is 0.471. The molecule has 2 fully saturated rings. The van der Waals surface area contributed by atoms with Gasteiger partial charge in [0, 0.05) is 69.5 Å². The summed E-state index contributed by atoms with van der Waals surface area (Å²) in [5.74, 6) is 0.921. The lowest BCUT2D eigenvalue weighted by Crippen LogP contribution is -2.32. The Labute approximate surface area is 140 Å². The van der Waals surface area contributed by atoms with Gasteiger partial charge >= 0.3 is 6.09 Å². The monoisotopic (exact) mass is 327 g/mol. The highest BCUT2D eigenvalue weighted by atomic mass is 16.4. The lowest BCUT2D eigenvalue weighted by molar-refractivity contribution is 0.148. The van der Waals surface area contributed by atoms with E-state index in [-0.39, 0.29) is 0 Å². The second-order valence-corrected chi connectivity index (χ2v) is 6.81. The molecule has 2 aliphatic rings. The minimum absolute atomic E-state index is 0.460. The number of hydrogen-bond acceptors (Lipinski definition) is 4. The second-order valence-electron chi connectivity index (χ2n) is 6.81. The summed E-state index contributed by atoms with van der Waals surface area (Å²) in [5.41, 5.74) is 3.29. The molecule has 2 aromatic rings. The Morgan fingerprint density at radius 3 is 2.50 bits per heavy atom. The van der Waals surface area contributed by atoms with Gasteiger partial charge in [0.05, 0.1) is 5.69 Å². The number of fused-ring (bicyclic) bond motifs is 1. The number of aromatic nitrogens is 3. The van der Waals surface area contributed by atoms with Crippen LogP contribution in [0.3, 0.4) is 0 Å². The molecule has 24 heavy (non-hydrogen) atoms. The Balaban J connectivity index is 1.47. The summed E-state index contributed by atoms with van der Waals surface area (Å²) in [6.45, 7) is 4.10. The summed E-state index contributed by atoms with van der Waals surface area (Å²) in [7, 11) is 1.94. The number of nitrogens with zero attached hydrogens (tertiary/aromatic N) is 5. The second kappa shape index (κ2) is 5.90. The molecule has 0 aliphatic carbocycles. The molecule has 0 radical (unpaired) electrons. The van der Waals surface area contributed by atoms with Crippen LogP contribution < -0.4 is 0 Å². The third kappa shape index (κ3) is 2.75. The van der Waals surface area contributed by atoms with Gasteiger partial charge in [-0.3, -0.25) is 14.6 Å². The van der Waals surface area contributed by atoms with Gasteiger partial charge in [-0.2, -0.15) is 5.10 Å². The lowest BCUT2D eigenvalue weighted by atomic mass is 10.0. The molecular weight excluding hydrogens is 306 g/mol. The van der Waals surface area contributed by atoms with Crippen LogP contribution in [0.5, 0.6) is 0 Å². The van der Waals surface area contributed by atoms with Crippen LogP contribution in [0.4, 0.5) is 4.79 Å². The van der Waals surface area contributed by atoms with Crippen molar-refractivity contribution in [3.8, 4) is 11.3 Å². The molecule has 2 aliphatic heterocycles. The lowest BCUT2D eigenvalue weighted by Gasteiger charge is -2.19. The first-order valence-corrected chi connectivity index (χ1v) is 8.23. The van der Waals surface area contributed by atoms with Crippen LogP contribution in [0, 0.1) is 11.8 Å². The highest BCUT2D eigenvalue weighted by Crippen LogP contribution is 2.33. The molecule has 0 spiro atoms. The van der Waals surface area contributed by atoms with E-state index in [4.69, 9.17) is 5.11 Å². The summed E-state index contributed by atoms with van der Waals surface area (Å²) >= 11 is 0. The zero-order chi connectivity index (χ0) is 16.7. The smallest absolute Gasteiger partial charge is 0.407 e. The zero-order valence-electron chi connectivity index (χ0n) is 13.7. The van der Waals surface area contributed by atoms with E-state index in [0.717, 1.165) is 30.9 Å². The predicted octanol–water partition coefficient (Wildman–Crippen LogP) is 1.52. The number of amides is 1. The number of aryl methyl sites for hydroxylation is 1. The van der Waals surface area contributed by atoms with Crippen molar-refractivity contribution < 1.29 is 9.90 Å². The van der Waals surface area contributed by atoms with Gasteiger partial charge in [-0.15, -0.1) is 0 Å². The fourth-order valence-electron chi connectivity index (χ4n) is 4.02. The summed E-state index contributed by atoms with van der Waals surface area (Å²) in [4.78, 5) is 19.2. The van der Waals surface area contributed by atoms with Crippen molar-refractivity contribution in [3.63, 3.8) is 0 Å². The van der Waals surface area contributed by atoms with Gasteiger partial charge < -0.3 is 10.0 Å². The van der Waals surface area contributed by atoms with E-state index in [1.807, 2.05) is 23.9 Å². The van der Waals surface area contributed by atoms with E-state index in [2.05, 4.69) is 21.2 Å². The molecule has 7 heteroatoms. The Morgan fingerprint density at radius 2 is 1.88 bits per heavy atom. The quantitative estimate of drug-likeness (QED) is 0.925. The maximum absolute atomic E-state index is 11.1. The molecule has 2 unspecified atom stereocenters. The molecule has 4 rings (SSSR count). The standard InChI is InChI=1S/C17H21N5O2/c1-20-6-15(16(19-20)12-2-4-18-5-3-12)9-21-7-13-10-22(17(23)24)11-14(13)8-21/h2-6,13-14H,7-11H2,1H3,(H,23,24). The van der Waals surface area contributed by atoms with Gasteiger partial charge in [0.15, 0.2) is 0 Å². The number of hydrogen-bond donors (Lipinski definition) is 1. The largest absolute Gasteiger partial charge is 0.465 e. The highest BCUT2D eigenvalue weighted by molar-refractivity contribution is 5.65. The molecule has 0 bridgehead atoms. The van der Waals surface area contributed by atoms with Crippen molar-refractivity contribution in [3.05, 3.63) is 36.3 Å². The molecule has 0 aromatic carbocycles. The normalized spacial score (nSPS) is 23.6. The van der Waals surface area contributed by atoms with Crippen molar-refractivity contribution in [2.24, 2.45) is 18.9 Å². The van der Waals surface area contributed by atoms with E-state index in [0.29, 0.717) is 24.9 Å². The number of likely N-dealkylation sites (tertiary alicyclic amines) is 2. The Hall–Kier alpha value is -2.41. The van der Waals surface area contributed by atoms with Crippen LogP contribution in [0.15, 0.2) is 30.7 Å². The predicted molar refractivity (Wildman–Crippen MR) is 88.3 cm³/mol. The molecule has 126 valence electrons. The summed E-state index contributed by atoms with van der Waals surface area (Å²) < 4.78 is 1.86. The molecule has 0 saturated carbocycles. The van der Waals surface area contributed by atoms with E-state index >= 15 is 0 Å². The number of carbonyl (C=O) groups is 1. The summed E-state index contributed by atoms with van der Waals surface area (Å²) in [6.07, 6.45) is 4.86. The number of pyridine rings is 1. The Kier molecular flexibility index (Phi) is 3.72. The molecule has 7 nitrogen and oxygen atoms in total. The van der Waals surface area contributed by atoms with Gasteiger partial charge in [0.1, 0.15) is 0 Å². The van der Waals surface area contributed by atoms with Crippen molar-refractivity contribution in [2.45, 2.75) is 6.54 Å². The number of carboxylic acid groups (broad SMARTS) is 1. The van der Waals surface area contributed by atoms with E-state index < -0.39 is 6.09 Å². The van der Waals surface area contributed by atoms with Gasteiger partial charge in [0.2, 0.25) is 0 Å². The van der Waals surface area contributed by atoms with Crippen molar-refractivity contribution in [1.29, 1.82) is 0 Å². The van der Waals surface area contributed by atoms with Gasteiger partial charge in [-0.25, -0.2) is 4.79 Å². The summed E-state index contributed by atoms with van der Waals surface area (Å²) in [6, 6.07) is 3.96. The van der Waals surface area contributed by atoms with Crippen LogP contribution in [0.2, 0.25) is 0 Å². The third-order valence-electron chi connectivity index (χ3n) is 5.08. The van der Waals surface area contributed by atoms with E-state index in [1.54, 1.807) is 17.3 Å². The zero-order valence-corrected chi connectivity index (χ0v) is 13.7. The first kappa shape index (κ1) is 15.1. The van der Waals surface area contributed by atoms with E-state index in [9.17, 15) is 4.79 Å². The molecule has 2 atom stereocenters. The first-order chi connectivity index (χ1) is 11.6. The third-order valence-corrected chi connectivity index (χ3v) is 5.08. The topological polar surface area (TPSA) is 74.5 Å². The first-order valence-electron chi connectivity index (χ1n) is 8.23. The maximum atomic E-state index is 11.1. The van der Waals surface area contributed by atoms with Crippen molar-refractivity contribution in [2.75, 3.05) is 26.2 Å². The van der Waals surface area contributed by atoms with Crippen LogP contribution in [-0.4, -0.2) is 61.9 Å². The van der Waals surface area contributed by atoms with Gasteiger partial charge in [-0.05, 0) is 24.0 Å². The molecular formula is C17H21N5O2. The van der Waals surface area contributed by atoms with Crippen LogP contribution in [-0.2, 0) is 13.6 Å². The van der Waals surface area contributed by atoms with Gasteiger partial charge in [0.25, 0.3) is 0 Å². The highest BCUT2D eigenvalue weighted by Gasteiger charge is 2.41. The van der Waals surface area contributed by atoms with E-state index in [1.165, 1.54) is 5.56 Å². The molecule has 1 amide bonds. The van der Waals surface area contributed by atoms with Crippen LogP contribution in [0.25, 0.3) is 11.3 Å². The Bertz CT molecular complexity index is 731. The average molecular weight is 327 g/mol. The minimum atomic E-state index is -0.789. The number of rotatable bonds is 3. The summed E-state index contributed by atoms with van der Waals surface area (Å²) in [5, 5.41) is 13.7. The molecule has 2 saturated heterocycles. The fourth-order valence-corrected chi connectivity index (χ4v) is 4.02.